The average molecular weight is 272 g/mol. The summed E-state index contributed by atoms with van der Waals surface area (Å²) in [7, 11) is 0. The second-order valence-corrected chi connectivity index (χ2v) is 5.67. The highest BCUT2D eigenvalue weighted by atomic mass is 16.2. The molecule has 0 bridgehead atoms. The van der Waals surface area contributed by atoms with Crippen LogP contribution in [0.4, 0.5) is 0 Å². The fourth-order valence-electron chi connectivity index (χ4n) is 3.16. The first-order chi connectivity index (χ1) is 9.66. The van der Waals surface area contributed by atoms with Gasteiger partial charge in [-0.15, -0.1) is 5.10 Å². The predicted octanol–water partition coefficient (Wildman–Crippen LogP) is 2.22. The van der Waals surface area contributed by atoms with E-state index in [0.29, 0.717) is 12.1 Å². The molecule has 3 rings (SSSR count). The van der Waals surface area contributed by atoms with Gasteiger partial charge in [0.25, 0.3) is 0 Å². The van der Waals surface area contributed by atoms with Gasteiger partial charge in [0, 0.05) is 12.1 Å². The van der Waals surface area contributed by atoms with E-state index in [1.165, 1.54) is 6.42 Å². The molecule has 0 saturated carbocycles. The molecule has 1 fully saturated rings. The zero-order valence-electron chi connectivity index (χ0n) is 12.0. The zero-order valence-corrected chi connectivity index (χ0v) is 12.0. The highest BCUT2D eigenvalue weighted by molar-refractivity contribution is 5.80. The number of aromatic nitrogens is 3. The quantitative estimate of drug-likeness (QED) is 0.842. The van der Waals surface area contributed by atoms with E-state index in [1.807, 2.05) is 29.2 Å². The lowest BCUT2D eigenvalue weighted by Crippen LogP contribution is -2.48. The number of likely N-dealkylation sites (tertiary alicyclic amines) is 1. The molecule has 2 heterocycles. The van der Waals surface area contributed by atoms with Crippen LogP contribution in [0, 0.1) is 0 Å². The Labute approximate surface area is 118 Å². The molecule has 0 spiro atoms. The number of rotatable bonds is 2. The molecule has 2 aromatic rings. The Morgan fingerprint density at radius 2 is 1.95 bits per heavy atom. The van der Waals surface area contributed by atoms with Crippen molar-refractivity contribution < 1.29 is 4.79 Å². The maximum Gasteiger partial charge on any atom is 0.244 e. The molecular formula is C15H20N4O. The average Bonchev–Trinajstić information content (AvgIpc) is 2.82. The summed E-state index contributed by atoms with van der Waals surface area (Å²) >= 11 is 0. The van der Waals surface area contributed by atoms with Crippen molar-refractivity contribution in [3.8, 4) is 0 Å². The summed E-state index contributed by atoms with van der Waals surface area (Å²) in [6.07, 6.45) is 3.39. The highest BCUT2D eigenvalue weighted by Gasteiger charge is 2.29. The molecule has 0 N–H and O–H groups in total. The van der Waals surface area contributed by atoms with Crippen LogP contribution in [0.1, 0.15) is 33.1 Å². The fraction of sp³-hybridized carbons (Fsp3) is 0.533. The van der Waals surface area contributed by atoms with Gasteiger partial charge >= 0.3 is 0 Å². The van der Waals surface area contributed by atoms with Crippen molar-refractivity contribution in [2.45, 2.75) is 51.7 Å². The number of hydrogen-bond acceptors (Lipinski definition) is 3. The Bertz CT molecular complexity index is 611. The first-order valence-corrected chi connectivity index (χ1v) is 7.26. The molecule has 1 aromatic heterocycles. The van der Waals surface area contributed by atoms with Gasteiger partial charge in [-0.1, -0.05) is 17.3 Å². The SMILES string of the molecule is CC1CCCC(C)N1C(=O)Cn1nnc2ccccc21. The van der Waals surface area contributed by atoms with Crippen molar-refractivity contribution in [2.75, 3.05) is 0 Å². The van der Waals surface area contributed by atoms with Crippen molar-refractivity contribution in [2.24, 2.45) is 0 Å². The molecule has 2 unspecified atom stereocenters. The van der Waals surface area contributed by atoms with E-state index in [2.05, 4.69) is 24.2 Å². The second kappa shape index (κ2) is 5.23. The van der Waals surface area contributed by atoms with Crippen molar-refractivity contribution in [3.63, 3.8) is 0 Å². The van der Waals surface area contributed by atoms with Crippen LogP contribution in [-0.4, -0.2) is 37.9 Å². The van der Waals surface area contributed by atoms with Crippen LogP contribution in [0.2, 0.25) is 0 Å². The monoisotopic (exact) mass is 272 g/mol. The van der Waals surface area contributed by atoms with Crippen LogP contribution in [0.5, 0.6) is 0 Å². The molecule has 20 heavy (non-hydrogen) atoms. The van der Waals surface area contributed by atoms with E-state index in [-0.39, 0.29) is 12.5 Å². The third-order valence-electron chi connectivity index (χ3n) is 4.19. The van der Waals surface area contributed by atoms with Gasteiger partial charge in [-0.2, -0.15) is 0 Å². The van der Waals surface area contributed by atoms with Gasteiger partial charge in [-0.3, -0.25) is 4.79 Å². The molecular weight excluding hydrogens is 252 g/mol. The third kappa shape index (κ3) is 2.28. The van der Waals surface area contributed by atoms with Crippen molar-refractivity contribution in [1.82, 2.24) is 19.9 Å². The lowest BCUT2D eigenvalue weighted by atomic mass is 9.97. The number of carbonyl (C=O) groups excluding carboxylic acids is 1. The van der Waals surface area contributed by atoms with E-state index in [9.17, 15) is 4.79 Å². The van der Waals surface area contributed by atoms with Crippen molar-refractivity contribution in [1.29, 1.82) is 0 Å². The van der Waals surface area contributed by atoms with Crippen LogP contribution >= 0.6 is 0 Å². The van der Waals surface area contributed by atoms with Gasteiger partial charge in [0.2, 0.25) is 5.91 Å². The molecule has 106 valence electrons. The molecule has 1 aliphatic heterocycles. The topological polar surface area (TPSA) is 51.0 Å². The molecule has 1 aliphatic rings. The lowest BCUT2D eigenvalue weighted by Gasteiger charge is -2.39. The lowest BCUT2D eigenvalue weighted by molar-refractivity contribution is -0.138. The fourth-order valence-corrected chi connectivity index (χ4v) is 3.16. The van der Waals surface area contributed by atoms with Gasteiger partial charge < -0.3 is 4.90 Å². The smallest absolute Gasteiger partial charge is 0.244 e. The first-order valence-electron chi connectivity index (χ1n) is 7.26. The highest BCUT2D eigenvalue weighted by Crippen LogP contribution is 2.23. The molecule has 0 aliphatic carbocycles. The summed E-state index contributed by atoms with van der Waals surface area (Å²) in [5.41, 5.74) is 1.75. The van der Waals surface area contributed by atoms with E-state index >= 15 is 0 Å². The molecule has 5 heteroatoms. The number of benzene rings is 1. The molecule has 1 aromatic carbocycles. The minimum Gasteiger partial charge on any atom is -0.336 e. The maximum absolute atomic E-state index is 12.6. The van der Waals surface area contributed by atoms with Gasteiger partial charge in [0.15, 0.2) is 0 Å². The van der Waals surface area contributed by atoms with E-state index in [0.717, 1.165) is 23.9 Å². The summed E-state index contributed by atoms with van der Waals surface area (Å²) in [4.78, 5) is 14.6. The number of hydrogen-bond donors (Lipinski definition) is 0. The van der Waals surface area contributed by atoms with Gasteiger partial charge in [0.05, 0.1) is 5.52 Å². The van der Waals surface area contributed by atoms with Gasteiger partial charge in [-0.05, 0) is 45.2 Å². The molecule has 0 radical (unpaired) electrons. The standard InChI is InChI=1S/C15H20N4O/c1-11-6-5-7-12(2)19(11)15(20)10-18-14-9-4-3-8-13(14)16-17-18/h3-4,8-9,11-12H,5-7,10H2,1-2H3. The summed E-state index contributed by atoms with van der Waals surface area (Å²) in [5.74, 6) is 0.139. The molecule has 2 atom stereocenters. The zero-order chi connectivity index (χ0) is 14.1. The van der Waals surface area contributed by atoms with E-state index < -0.39 is 0 Å². The first kappa shape index (κ1) is 13.1. The van der Waals surface area contributed by atoms with Crippen molar-refractivity contribution in [3.05, 3.63) is 24.3 Å². The summed E-state index contributed by atoms with van der Waals surface area (Å²) < 4.78 is 1.70. The van der Waals surface area contributed by atoms with Crippen LogP contribution < -0.4 is 0 Å². The van der Waals surface area contributed by atoms with E-state index in [1.54, 1.807) is 4.68 Å². The van der Waals surface area contributed by atoms with E-state index in [4.69, 9.17) is 0 Å². The number of para-hydroxylation sites is 1. The molecule has 1 amide bonds. The number of fused-ring (bicyclic) bond motifs is 1. The normalized spacial score (nSPS) is 23.2. The number of amides is 1. The number of carbonyl (C=O) groups is 1. The van der Waals surface area contributed by atoms with Crippen LogP contribution in [0.3, 0.4) is 0 Å². The summed E-state index contributed by atoms with van der Waals surface area (Å²) in [6, 6.07) is 8.37. The Kier molecular flexibility index (Phi) is 3.42. The summed E-state index contributed by atoms with van der Waals surface area (Å²) in [5, 5.41) is 8.20. The van der Waals surface area contributed by atoms with Crippen molar-refractivity contribution >= 4 is 16.9 Å². The second-order valence-electron chi connectivity index (χ2n) is 5.67. The predicted molar refractivity (Wildman–Crippen MR) is 77.1 cm³/mol. The van der Waals surface area contributed by atoms with Crippen LogP contribution in [0.15, 0.2) is 24.3 Å². The Balaban J connectivity index is 1.81. The van der Waals surface area contributed by atoms with Crippen LogP contribution in [0.25, 0.3) is 11.0 Å². The minimum absolute atomic E-state index is 0.139. The minimum atomic E-state index is 0.139. The Morgan fingerprint density at radius 1 is 1.25 bits per heavy atom. The number of piperidine rings is 1. The van der Waals surface area contributed by atoms with Gasteiger partial charge in [0.1, 0.15) is 12.1 Å². The molecule has 5 nitrogen and oxygen atoms in total. The summed E-state index contributed by atoms with van der Waals surface area (Å²) in [6.45, 7) is 4.54. The molecule has 1 saturated heterocycles. The maximum atomic E-state index is 12.6. The Hall–Kier alpha value is -1.91. The third-order valence-corrected chi connectivity index (χ3v) is 4.19. The largest absolute Gasteiger partial charge is 0.336 e. The van der Waals surface area contributed by atoms with Crippen LogP contribution in [-0.2, 0) is 11.3 Å². The number of nitrogens with zero attached hydrogens (tertiary/aromatic N) is 4. The Morgan fingerprint density at radius 3 is 2.70 bits per heavy atom. The van der Waals surface area contributed by atoms with Gasteiger partial charge in [-0.25, -0.2) is 4.68 Å².